The first-order valence-electron chi connectivity index (χ1n) is 15.8. The van der Waals surface area contributed by atoms with Gasteiger partial charge in [0.15, 0.2) is 6.10 Å². The Morgan fingerprint density at radius 2 is 1.59 bits per heavy atom. The Hall–Kier alpha value is -0.690. The van der Waals surface area contributed by atoms with Gasteiger partial charge < -0.3 is 24.8 Å². The van der Waals surface area contributed by atoms with Crippen LogP contribution in [0.5, 0.6) is 0 Å². The third kappa shape index (κ3) is 3.16. The second-order valence-electron chi connectivity index (χ2n) is 16.6. The summed E-state index contributed by atoms with van der Waals surface area (Å²) in [5, 5.41) is 34.4. The molecule has 0 radical (unpaired) electrons. The minimum Gasteiger partial charge on any atom is -0.457 e. The van der Waals surface area contributed by atoms with Gasteiger partial charge in [0, 0.05) is 12.3 Å². The van der Waals surface area contributed by atoms with Crippen molar-refractivity contribution in [2.45, 2.75) is 143 Å². The zero-order chi connectivity index (χ0) is 28.7. The van der Waals surface area contributed by atoms with E-state index in [-0.39, 0.29) is 51.1 Å². The van der Waals surface area contributed by atoms with Gasteiger partial charge in [-0.2, -0.15) is 0 Å². The highest BCUT2D eigenvalue weighted by atomic mass is 16.6. The van der Waals surface area contributed by atoms with Gasteiger partial charge in [-0.3, -0.25) is 4.79 Å². The Balaban J connectivity index is 1.37. The molecule has 1 aliphatic heterocycles. The van der Waals surface area contributed by atoms with Crippen LogP contribution in [-0.4, -0.2) is 57.4 Å². The van der Waals surface area contributed by atoms with E-state index in [1.807, 2.05) is 0 Å². The van der Waals surface area contributed by atoms with Crippen molar-refractivity contribution in [3.63, 3.8) is 0 Å². The molecule has 1 heterocycles. The highest BCUT2D eigenvalue weighted by molar-refractivity contribution is 5.66. The fourth-order valence-electron chi connectivity index (χ4n) is 13.1. The van der Waals surface area contributed by atoms with E-state index in [9.17, 15) is 20.1 Å². The Morgan fingerprint density at radius 3 is 2.21 bits per heavy atom. The van der Waals surface area contributed by atoms with Crippen LogP contribution in [0.1, 0.15) is 107 Å². The summed E-state index contributed by atoms with van der Waals surface area (Å²) >= 11 is 0. The average Bonchev–Trinajstić information content (AvgIpc) is 3.30. The number of rotatable bonds is 3. The summed E-state index contributed by atoms with van der Waals surface area (Å²) in [6.07, 6.45) is 4.82. The van der Waals surface area contributed by atoms with Gasteiger partial charge in [0.25, 0.3) is 0 Å². The molecule has 222 valence electrons. The van der Waals surface area contributed by atoms with Crippen molar-refractivity contribution in [1.82, 2.24) is 0 Å². The van der Waals surface area contributed by atoms with E-state index in [1.54, 1.807) is 13.8 Å². The first-order valence-corrected chi connectivity index (χ1v) is 15.8. The fourth-order valence-corrected chi connectivity index (χ4v) is 13.1. The Bertz CT molecular complexity index is 1030. The van der Waals surface area contributed by atoms with E-state index in [0.29, 0.717) is 24.2 Å². The summed E-state index contributed by atoms with van der Waals surface area (Å²) in [6.45, 7) is 18.9. The molecular formula is C33H54O6. The molecule has 2 spiro atoms. The molecule has 6 heteroatoms. The summed E-state index contributed by atoms with van der Waals surface area (Å²) in [6, 6.07) is 0. The first kappa shape index (κ1) is 28.4. The molecule has 14 atom stereocenters. The van der Waals surface area contributed by atoms with Crippen molar-refractivity contribution in [2.24, 2.45) is 56.7 Å². The monoisotopic (exact) mass is 546 g/mol. The van der Waals surface area contributed by atoms with Crippen molar-refractivity contribution in [1.29, 1.82) is 0 Å². The lowest BCUT2D eigenvalue weighted by Gasteiger charge is -2.63. The van der Waals surface area contributed by atoms with E-state index in [2.05, 4.69) is 41.5 Å². The van der Waals surface area contributed by atoms with Crippen LogP contribution in [0.15, 0.2) is 0 Å². The lowest BCUT2D eigenvalue weighted by molar-refractivity contribution is -0.216. The largest absolute Gasteiger partial charge is 0.457 e. The lowest BCUT2D eigenvalue weighted by Crippen LogP contribution is -2.59. The van der Waals surface area contributed by atoms with Gasteiger partial charge >= 0.3 is 5.97 Å². The molecule has 0 aromatic heterocycles. The lowest BCUT2D eigenvalue weighted by atomic mass is 9.41. The summed E-state index contributed by atoms with van der Waals surface area (Å²) in [5.41, 5.74) is -1.15. The smallest absolute Gasteiger partial charge is 0.303 e. The van der Waals surface area contributed by atoms with Crippen LogP contribution in [0.2, 0.25) is 0 Å². The molecule has 6 rings (SSSR count). The number of fused-ring (bicyclic) bond motifs is 4. The SMILES string of the molecule is CC(=O)O[C@H]([C@H]1C[C@@H](C)[C@H]2[C@@H](O1)[C@H](O)[C@@]1(C)[C@@H]3CC[C@H]4C(C)(C)[C@@H](O)CC[C@@]45[C@@H](C)[C@@]35CC[C@]21C)C(C)(C)O. The number of aliphatic hydroxyl groups is 3. The number of hydrogen-bond donors (Lipinski definition) is 3. The average molecular weight is 547 g/mol. The van der Waals surface area contributed by atoms with Crippen LogP contribution < -0.4 is 0 Å². The molecule has 39 heavy (non-hydrogen) atoms. The number of esters is 1. The topological polar surface area (TPSA) is 96.2 Å². The van der Waals surface area contributed by atoms with Crippen molar-refractivity contribution < 1.29 is 29.6 Å². The van der Waals surface area contributed by atoms with Crippen LogP contribution in [0, 0.1) is 56.7 Å². The minimum atomic E-state index is -1.25. The molecule has 0 bridgehead atoms. The van der Waals surface area contributed by atoms with Crippen molar-refractivity contribution in [3.05, 3.63) is 0 Å². The zero-order valence-electron chi connectivity index (χ0n) is 25.8. The van der Waals surface area contributed by atoms with Crippen LogP contribution in [0.4, 0.5) is 0 Å². The molecule has 5 aliphatic carbocycles. The molecule has 0 unspecified atom stereocenters. The number of carbonyl (C=O) groups is 1. The van der Waals surface area contributed by atoms with Crippen LogP contribution in [0.25, 0.3) is 0 Å². The van der Waals surface area contributed by atoms with E-state index < -0.39 is 29.9 Å². The van der Waals surface area contributed by atoms with E-state index >= 15 is 0 Å². The van der Waals surface area contributed by atoms with E-state index in [0.717, 1.165) is 32.1 Å². The van der Waals surface area contributed by atoms with Crippen LogP contribution in [-0.2, 0) is 14.3 Å². The molecule has 0 aromatic rings. The van der Waals surface area contributed by atoms with Crippen LogP contribution >= 0.6 is 0 Å². The Morgan fingerprint density at radius 1 is 0.974 bits per heavy atom. The molecule has 3 N–H and O–H groups in total. The molecular weight excluding hydrogens is 492 g/mol. The third-order valence-corrected chi connectivity index (χ3v) is 14.8. The standard InChI is InChI=1S/C33H54O6/c1-17-16-20(27(29(6,7)37)38-19(3)34)39-25-24(17)30(8)14-15-33-18(2)32(33)13-12-23(35)28(4,5)21(32)10-11-22(33)31(30,9)26(25)36/h17-18,20-27,35-37H,10-16H2,1-9H3/t17-,18-,20-,21+,22+,23+,24+,25-,26+,27-,30-,31-,32-,33+/m1/s1. The van der Waals surface area contributed by atoms with Crippen molar-refractivity contribution >= 4 is 5.97 Å². The molecule has 1 saturated heterocycles. The second-order valence-corrected chi connectivity index (χ2v) is 16.6. The van der Waals surface area contributed by atoms with Gasteiger partial charge in [0.1, 0.15) is 0 Å². The zero-order valence-corrected chi connectivity index (χ0v) is 25.8. The van der Waals surface area contributed by atoms with E-state index in [1.165, 1.54) is 13.3 Å². The fraction of sp³-hybridized carbons (Fsp3) is 0.970. The number of hydrogen-bond acceptors (Lipinski definition) is 6. The Kier molecular flexibility index (Phi) is 6.00. The maximum Gasteiger partial charge on any atom is 0.303 e. The highest BCUT2D eigenvalue weighted by Crippen LogP contribution is 2.91. The molecule has 0 amide bonds. The van der Waals surface area contributed by atoms with Gasteiger partial charge in [0.05, 0.1) is 30.0 Å². The van der Waals surface area contributed by atoms with Crippen molar-refractivity contribution in [3.8, 4) is 0 Å². The normalized spacial score (nSPS) is 56.3. The summed E-state index contributed by atoms with van der Waals surface area (Å²) in [7, 11) is 0. The molecule has 6 nitrogen and oxygen atoms in total. The first-order chi connectivity index (χ1) is 17.9. The third-order valence-electron chi connectivity index (χ3n) is 14.8. The predicted octanol–water partition coefficient (Wildman–Crippen LogP) is 5.11. The van der Waals surface area contributed by atoms with Gasteiger partial charge in [-0.25, -0.2) is 0 Å². The van der Waals surface area contributed by atoms with Gasteiger partial charge in [-0.05, 0) is 110 Å². The maximum absolute atomic E-state index is 12.4. The number of ether oxygens (including phenoxy) is 2. The van der Waals surface area contributed by atoms with Gasteiger partial charge in [-0.1, -0.05) is 41.5 Å². The molecule has 5 saturated carbocycles. The van der Waals surface area contributed by atoms with E-state index in [4.69, 9.17) is 9.47 Å². The quantitative estimate of drug-likeness (QED) is 0.426. The second kappa shape index (κ2) is 8.23. The number of aliphatic hydroxyl groups excluding tert-OH is 2. The summed E-state index contributed by atoms with van der Waals surface area (Å²) < 4.78 is 12.4. The molecule has 6 aliphatic rings. The number of carbonyl (C=O) groups excluding carboxylic acids is 1. The summed E-state index contributed by atoms with van der Waals surface area (Å²) in [5.74, 6) is 1.64. The van der Waals surface area contributed by atoms with Crippen LogP contribution in [0.3, 0.4) is 0 Å². The predicted molar refractivity (Wildman–Crippen MR) is 149 cm³/mol. The molecule has 0 aromatic carbocycles. The highest BCUT2D eigenvalue weighted by Gasteiger charge is 2.87. The Labute approximate surface area is 235 Å². The molecule has 6 fully saturated rings. The summed E-state index contributed by atoms with van der Waals surface area (Å²) in [4.78, 5) is 12.0. The minimum absolute atomic E-state index is 0.0525. The van der Waals surface area contributed by atoms with Gasteiger partial charge in [0.2, 0.25) is 0 Å². The van der Waals surface area contributed by atoms with Crippen molar-refractivity contribution in [2.75, 3.05) is 0 Å². The van der Waals surface area contributed by atoms with Gasteiger partial charge in [-0.15, -0.1) is 0 Å². The maximum atomic E-state index is 12.4.